The highest BCUT2D eigenvalue weighted by Gasteiger charge is 2.12. The summed E-state index contributed by atoms with van der Waals surface area (Å²) in [5, 5.41) is 0. The molecule has 1 aliphatic carbocycles. The number of ketones is 1. The third-order valence-electron chi connectivity index (χ3n) is 3.43. The van der Waals surface area contributed by atoms with Gasteiger partial charge in [0.25, 0.3) is 0 Å². The predicted octanol–water partition coefficient (Wildman–Crippen LogP) is 3.66. The number of fused-ring (bicyclic) bond motifs is 1. The molecule has 0 spiro atoms. The van der Waals surface area contributed by atoms with E-state index in [1.165, 1.54) is 11.3 Å². The zero-order valence-electron chi connectivity index (χ0n) is 11.3. The molecule has 0 N–H and O–H groups in total. The van der Waals surface area contributed by atoms with Gasteiger partial charge in [0, 0.05) is 30.1 Å². The monoisotopic (exact) mass is 261 g/mol. The van der Waals surface area contributed by atoms with Crippen LogP contribution in [0.4, 0.5) is 5.69 Å². The first-order valence-corrected chi connectivity index (χ1v) is 6.57. The third-order valence-corrected chi connectivity index (χ3v) is 3.43. The van der Waals surface area contributed by atoms with Crippen LogP contribution in [-0.2, 0) is 4.79 Å². The van der Waals surface area contributed by atoms with Crippen LogP contribution in [0.2, 0.25) is 0 Å². The molecule has 1 heterocycles. The molecule has 0 saturated heterocycles. The van der Waals surface area contributed by atoms with Crippen LogP contribution in [0.3, 0.4) is 0 Å². The fourth-order valence-electron chi connectivity index (χ4n) is 2.33. The first kappa shape index (κ1) is 12.4. The second-order valence-electron chi connectivity index (χ2n) is 4.77. The Kier molecular flexibility index (Phi) is 3.21. The van der Waals surface area contributed by atoms with Gasteiger partial charge in [0.15, 0.2) is 5.78 Å². The molecule has 20 heavy (non-hydrogen) atoms. The van der Waals surface area contributed by atoms with Crippen molar-refractivity contribution in [2.45, 2.75) is 0 Å². The Balaban J connectivity index is 1.99. The average molecular weight is 261 g/mol. The Morgan fingerprint density at radius 1 is 0.950 bits per heavy atom. The van der Waals surface area contributed by atoms with E-state index in [2.05, 4.69) is 23.1 Å². The van der Waals surface area contributed by atoms with Crippen LogP contribution < -0.4 is 4.90 Å². The largest absolute Gasteiger partial charge is 0.351 e. The molecule has 1 aromatic rings. The van der Waals surface area contributed by atoms with E-state index in [1.54, 1.807) is 12.2 Å². The van der Waals surface area contributed by atoms with Crippen LogP contribution in [0.1, 0.15) is 5.56 Å². The summed E-state index contributed by atoms with van der Waals surface area (Å²) in [5.74, 6) is 0.0505. The van der Waals surface area contributed by atoms with E-state index in [-0.39, 0.29) is 5.78 Å². The standard InChI is InChI=1S/C18H15NO/c1-19-13-12-14(16-7-3-4-8-17(16)19)10-11-15-6-2-5-9-18(15)20/h2-13H,1H3/b14-10-,15-11+. The Bertz CT molecular complexity index is 702. The maximum Gasteiger partial charge on any atom is 0.185 e. The molecule has 0 bridgehead atoms. The molecule has 0 saturated carbocycles. The molecular formula is C18H15NO. The molecule has 0 fully saturated rings. The molecule has 0 amide bonds. The Labute approximate surface area is 118 Å². The average Bonchev–Trinajstić information content (AvgIpc) is 2.48. The second kappa shape index (κ2) is 5.17. The van der Waals surface area contributed by atoms with E-state index < -0.39 is 0 Å². The number of nitrogens with zero attached hydrogens (tertiary/aromatic N) is 1. The Hall–Kier alpha value is -2.61. The van der Waals surface area contributed by atoms with Crippen LogP contribution in [0.15, 0.2) is 78.6 Å². The Morgan fingerprint density at radius 3 is 2.55 bits per heavy atom. The summed E-state index contributed by atoms with van der Waals surface area (Å²) in [4.78, 5) is 13.8. The molecule has 0 unspecified atom stereocenters. The molecule has 1 aromatic carbocycles. The van der Waals surface area contributed by atoms with Crippen molar-refractivity contribution in [3.8, 4) is 0 Å². The van der Waals surface area contributed by atoms with Gasteiger partial charge in [-0.05, 0) is 23.8 Å². The van der Waals surface area contributed by atoms with Gasteiger partial charge in [-0.1, -0.05) is 48.6 Å². The molecule has 3 rings (SSSR count). The summed E-state index contributed by atoms with van der Waals surface area (Å²) < 4.78 is 0. The number of anilines is 1. The van der Waals surface area contributed by atoms with E-state index in [1.807, 2.05) is 49.7 Å². The van der Waals surface area contributed by atoms with Gasteiger partial charge in [-0.3, -0.25) is 4.79 Å². The lowest BCUT2D eigenvalue weighted by Crippen LogP contribution is -2.13. The first-order valence-electron chi connectivity index (χ1n) is 6.57. The van der Waals surface area contributed by atoms with E-state index >= 15 is 0 Å². The summed E-state index contributed by atoms with van der Waals surface area (Å²) in [6.45, 7) is 0. The zero-order chi connectivity index (χ0) is 13.9. The van der Waals surface area contributed by atoms with Crippen molar-refractivity contribution in [1.82, 2.24) is 0 Å². The van der Waals surface area contributed by atoms with Gasteiger partial charge in [0.2, 0.25) is 0 Å². The molecule has 1 aliphatic heterocycles. The van der Waals surface area contributed by atoms with Gasteiger partial charge < -0.3 is 4.90 Å². The molecular weight excluding hydrogens is 246 g/mol. The van der Waals surface area contributed by atoms with Crippen LogP contribution in [-0.4, -0.2) is 12.8 Å². The summed E-state index contributed by atoms with van der Waals surface area (Å²) in [6, 6.07) is 8.25. The number of rotatable bonds is 1. The van der Waals surface area contributed by atoms with Gasteiger partial charge in [-0.15, -0.1) is 0 Å². The molecule has 98 valence electrons. The molecule has 2 nitrogen and oxygen atoms in total. The first-order chi connectivity index (χ1) is 9.75. The fraction of sp³-hybridized carbons (Fsp3) is 0.0556. The molecule has 0 radical (unpaired) electrons. The lowest BCUT2D eigenvalue weighted by molar-refractivity contribution is -0.111. The maximum atomic E-state index is 11.7. The number of hydrogen-bond acceptors (Lipinski definition) is 2. The van der Waals surface area contributed by atoms with Crippen molar-refractivity contribution in [3.05, 3.63) is 84.1 Å². The second-order valence-corrected chi connectivity index (χ2v) is 4.77. The molecule has 2 heteroatoms. The lowest BCUT2D eigenvalue weighted by atomic mass is 9.98. The fourth-order valence-corrected chi connectivity index (χ4v) is 2.33. The van der Waals surface area contributed by atoms with Gasteiger partial charge in [-0.25, -0.2) is 0 Å². The van der Waals surface area contributed by atoms with E-state index in [0.29, 0.717) is 5.57 Å². The number of allylic oxidation sites excluding steroid dienone is 9. The van der Waals surface area contributed by atoms with Gasteiger partial charge in [-0.2, -0.15) is 0 Å². The van der Waals surface area contributed by atoms with Crippen LogP contribution in [0.5, 0.6) is 0 Å². The molecule has 0 aromatic heterocycles. The van der Waals surface area contributed by atoms with E-state index in [9.17, 15) is 4.79 Å². The highest BCUT2D eigenvalue weighted by Crippen LogP contribution is 2.31. The zero-order valence-corrected chi connectivity index (χ0v) is 11.3. The number of para-hydroxylation sites is 1. The molecule has 2 aliphatic rings. The lowest BCUT2D eigenvalue weighted by Gasteiger charge is -2.23. The number of carbonyl (C=O) groups is 1. The van der Waals surface area contributed by atoms with Crippen molar-refractivity contribution in [3.63, 3.8) is 0 Å². The maximum absolute atomic E-state index is 11.7. The van der Waals surface area contributed by atoms with Crippen LogP contribution in [0, 0.1) is 0 Å². The third kappa shape index (κ3) is 2.28. The minimum absolute atomic E-state index is 0.0505. The van der Waals surface area contributed by atoms with Crippen molar-refractivity contribution in [2.75, 3.05) is 11.9 Å². The predicted molar refractivity (Wildman–Crippen MR) is 83.3 cm³/mol. The van der Waals surface area contributed by atoms with E-state index in [0.717, 1.165) is 5.57 Å². The summed E-state index contributed by atoms with van der Waals surface area (Å²) in [6.07, 6.45) is 15.0. The summed E-state index contributed by atoms with van der Waals surface area (Å²) >= 11 is 0. The normalized spacial score (nSPS) is 20.9. The van der Waals surface area contributed by atoms with Crippen molar-refractivity contribution in [1.29, 1.82) is 0 Å². The smallest absolute Gasteiger partial charge is 0.185 e. The highest BCUT2D eigenvalue weighted by molar-refractivity contribution is 6.07. The van der Waals surface area contributed by atoms with Gasteiger partial charge >= 0.3 is 0 Å². The summed E-state index contributed by atoms with van der Waals surface area (Å²) in [7, 11) is 2.03. The highest BCUT2D eigenvalue weighted by atomic mass is 16.1. The van der Waals surface area contributed by atoms with Crippen molar-refractivity contribution >= 4 is 17.0 Å². The van der Waals surface area contributed by atoms with Gasteiger partial charge in [0.05, 0.1) is 0 Å². The minimum atomic E-state index is 0.0505. The SMILES string of the molecule is CN1C=C/C(=C/C=C2\C=CC=CC2=O)c2ccccc21. The number of hydrogen-bond donors (Lipinski definition) is 0. The quantitative estimate of drug-likeness (QED) is 0.719. The number of carbonyl (C=O) groups excluding carboxylic acids is 1. The van der Waals surface area contributed by atoms with Crippen LogP contribution >= 0.6 is 0 Å². The van der Waals surface area contributed by atoms with Gasteiger partial charge in [0.1, 0.15) is 0 Å². The van der Waals surface area contributed by atoms with E-state index in [4.69, 9.17) is 0 Å². The Morgan fingerprint density at radius 2 is 1.70 bits per heavy atom. The topological polar surface area (TPSA) is 20.3 Å². The minimum Gasteiger partial charge on any atom is -0.351 e. The molecule has 0 atom stereocenters. The summed E-state index contributed by atoms with van der Waals surface area (Å²) in [5.41, 5.74) is 4.17. The van der Waals surface area contributed by atoms with Crippen LogP contribution in [0.25, 0.3) is 5.57 Å². The van der Waals surface area contributed by atoms with Crippen molar-refractivity contribution in [2.24, 2.45) is 0 Å². The number of benzene rings is 1. The van der Waals surface area contributed by atoms with Crippen molar-refractivity contribution < 1.29 is 4.79 Å².